The predicted molar refractivity (Wildman–Crippen MR) is 127 cm³/mol. The maximum atomic E-state index is 12.6. The number of benzene rings is 1. The van der Waals surface area contributed by atoms with Crippen LogP contribution < -0.4 is 15.4 Å². The van der Waals surface area contributed by atoms with Crippen molar-refractivity contribution in [1.82, 2.24) is 14.0 Å². The smallest absolute Gasteiger partial charge is 0.322 e. The summed E-state index contributed by atoms with van der Waals surface area (Å²) < 4.78 is 28.8. The molecule has 34 heavy (non-hydrogen) atoms. The first kappa shape index (κ1) is 25.2. The predicted octanol–water partition coefficient (Wildman–Crippen LogP) is 0.646. The van der Waals surface area contributed by atoms with Gasteiger partial charge in [0.2, 0.25) is 0 Å². The zero-order chi connectivity index (χ0) is 24.9. The Morgan fingerprint density at radius 2 is 1.68 bits per heavy atom. The lowest BCUT2D eigenvalue weighted by molar-refractivity contribution is -0.140. The number of aliphatic carboxylic acids is 1. The quantitative estimate of drug-likeness (QED) is 0.488. The van der Waals surface area contributed by atoms with Crippen molar-refractivity contribution in [2.45, 2.75) is 19.9 Å². The summed E-state index contributed by atoms with van der Waals surface area (Å²) in [5.74, 6) is 3.82. The number of carboxylic acids is 1. The lowest BCUT2D eigenvalue weighted by atomic mass is 10.1. The number of aromatic nitrogens is 1. The summed E-state index contributed by atoms with van der Waals surface area (Å²) in [5, 5.41) is 9.27. The van der Waals surface area contributed by atoms with Gasteiger partial charge in [-0.2, -0.15) is 17.4 Å². The van der Waals surface area contributed by atoms with Crippen LogP contribution in [0.25, 0.3) is 0 Å². The minimum Gasteiger partial charge on any atom is -0.480 e. The van der Waals surface area contributed by atoms with Gasteiger partial charge in [0.05, 0.1) is 0 Å². The Bertz CT molecular complexity index is 1210. The average molecular weight is 486 g/mol. The molecule has 2 heterocycles. The minimum absolute atomic E-state index is 0.154. The third kappa shape index (κ3) is 6.32. The van der Waals surface area contributed by atoms with Crippen molar-refractivity contribution in [1.29, 1.82) is 0 Å². The number of amides is 1. The fraction of sp³-hybridized carbons (Fsp3) is 0.348. The molecule has 4 N–H and O–H groups in total. The number of carbonyl (C=O) groups is 2. The van der Waals surface area contributed by atoms with Crippen LogP contribution in [0.4, 0.5) is 5.69 Å². The summed E-state index contributed by atoms with van der Waals surface area (Å²) in [7, 11) is -3.90. The topological polar surface area (TPSA) is 146 Å². The number of carbonyl (C=O) groups excluding carboxylic acids is 1. The van der Waals surface area contributed by atoms with Crippen molar-refractivity contribution in [2.24, 2.45) is 11.7 Å². The number of piperazine rings is 1. The third-order valence-corrected chi connectivity index (χ3v) is 6.98. The minimum atomic E-state index is -3.90. The Morgan fingerprint density at radius 1 is 1.06 bits per heavy atom. The number of hydrogen-bond donors (Lipinski definition) is 3. The highest BCUT2D eigenvalue weighted by Gasteiger charge is 2.32. The molecule has 0 aliphatic carbocycles. The summed E-state index contributed by atoms with van der Waals surface area (Å²) in [5.41, 5.74) is 7.73. The van der Waals surface area contributed by atoms with Crippen LogP contribution >= 0.6 is 0 Å². The molecule has 1 fully saturated rings. The van der Waals surface area contributed by atoms with Crippen molar-refractivity contribution in [3.8, 4) is 11.8 Å². The first-order chi connectivity index (χ1) is 16.1. The first-order valence-corrected chi connectivity index (χ1v) is 12.1. The molecule has 1 atom stereocenters. The average Bonchev–Trinajstić information content (AvgIpc) is 2.81. The van der Waals surface area contributed by atoms with E-state index in [2.05, 4.69) is 26.4 Å². The SMILES string of the molecule is CC(C)C(NS(=O)(=O)N1CCN(c2ccc(C#Cc3ccnc(C(N)=O)c3)cc2)CC1)C(=O)O. The number of pyridine rings is 1. The second kappa shape index (κ2) is 10.6. The zero-order valence-electron chi connectivity index (χ0n) is 18.9. The molecule has 1 aliphatic heterocycles. The molecule has 11 heteroatoms. The van der Waals surface area contributed by atoms with Gasteiger partial charge in [0.25, 0.3) is 16.1 Å². The van der Waals surface area contributed by atoms with Gasteiger partial charge in [-0.05, 0) is 42.3 Å². The third-order valence-electron chi connectivity index (χ3n) is 5.38. The molecule has 2 aromatic rings. The lowest BCUT2D eigenvalue weighted by Gasteiger charge is -2.36. The van der Waals surface area contributed by atoms with E-state index in [4.69, 9.17) is 5.73 Å². The van der Waals surface area contributed by atoms with Crippen LogP contribution in [-0.2, 0) is 15.0 Å². The molecular weight excluding hydrogens is 458 g/mol. The zero-order valence-corrected chi connectivity index (χ0v) is 19.7. The molecule has 1 aliphatic rings. The van der Waals surface area contributed by atoms with E-state index in [1.54, 1.807) is 19.9 Å². The molecule has 0 radical (unpaired) electrons. The van der Waals surface area contributed by atoms with Crippen LogP contribution in [0.3, 0.4) is 0 Å². The van der Waals surface area contributed by atoms with Crippen molar-refractivity contribution in [3.05, 3.63) is 59.4 Å². The summed E-state index contributed by atoms with van der Waals surface area (Å²) in [6.07, 6.45) is 1.48. The largest absolute Gasteiger partial charge is 0.480 e. The molecule has 0 bridgehead atoms. The van der Waals surface area contributed by atoms with Crippen molar-refractivity contribution in [3.63, 3.8) is 0 Å². The Hall–Kier alpha value is -3.46. The number of nitrogens with zero attached hydrogens (tertiary/aromatic N) is 3. The Labute approximate surface area is 199 Å². The Morgan fingerprint density at radius 3 is 2.24 bits per heavy atom. The van der Waals surface area contributed by atoms with Gasteiger partial charge in [-0.15, -0.1) is 0 Å². The van der Waals surface area contributed by atoms with Crippen LogP contribution in [0.5, 0.6) is 0 Å². The first-order valence-electron chi connectivity index (χ1n) is 10.7. The number of nitrogens with two attached hydrogens (primary N) is 1. The molecule has 0 spiro atoms. The van der Waals surface area contributed by atoms with Crippen LogP contribution in [-0.4, -0.2) is 66.9 Å². The summed E-state index contributed by atoms with van der Waals surface area (Å²) in [4.78, 5) is 28.5. The number of rotatable bonds is 7. The van der Waals surface area contributed by atoms with Crippen LogP contribution in [0.15, 0.2) is 42.6 Å². The second-order valence-corrected chi connectivity index (χ2v) is 9.86. The number of carboxylic acid groups (broad SMARTS) is 1. The van der Waals surface area contributed by atoms with Gasteiger partial charge < -0.3 is 15.7 Å². The Kier molecular flexibility index (Phi) is 7.88. The summed E-state index contributed by atoms with van der Waals surface area (Å²) >= 11 is 0. The normalized spacial score (nSPS) is 15.4. The van der Waals surface area contributed by atoms with Gasteiger partial charge in [0, 0.05) is 49.2 Å². The van der Waals surface area contributed by atoms with E-state index in [9.17, 15) is 23.1 Å². The van der Waals surface area contributed by atoms with E-state index in [1.807, 2.05) is 24.3 Å². The molecule has 1 unspecified atom stereocenters. The van der Waals surface area contributed by atoms with Gasteiger partial charge in [-0.25, -0.2) is 0 Å². The number of hydrogen-bond acceptors (Lipinski definition) is 6. The molecular formula is C23H27N5O5S. The summed E-state index contributed by atoms with van der Waals surface area (Å²) in [6.45, 7) is 4.74. The molecule has 1 aromatic carbocycles. The molecule has 0 saturated carbocycles. The van der Waals surface area contributed by atoms with Crippen molar-refractivity contribution in [2.75, 3.05) is 31.1 Å². The molecule has 1 aromatic heterocycles. The van der Waals surface area contributed by atoms with Crippen LogP contribution in [0.1, 0.15) is 35.5 Å². The van der Waals surface area contributed by atoms with E-state index < -0.39 is 28.1 Å². The van der Waals surface area contributed by atoms with Gasteiger partial charge in [-0.3, -0.25) is 14.6 Å². The molecule has 10 nitrogen and oxygen atoms in total. The summed E-state index contributed by atoms with van der Waals surface area (Å²) in [6, 6.07) is 9.60. The molecule has 3 rings (SSSR count). The van der Waals surface area contributed by atoms with Gasteiger partial charge in [0.1, 0.15) is 11.7 Å². The standard InChI is InChI=1S/C23H27N5O5S/c1-16(2)21(23(30)31)26-34(32,33)28-13-11-27(12-14-28)19-7-5-17(6-8-19)3-4-18-9-10-25-20(15-18)22(24)29/h5-10,15-16,21,26H,11-14H2,1-2H3,(H2,24,29)(H,30,31). The molecule has 1 amide bonds. The van der Waals surface area contributed by atoms with Crippen molar-refractivity contribution < 1.29 is 23.1 Å². The van der Waals surface area contributed by atoms with E-state index >= 15 is 0 Å². The van der Waals surface area contributed by atoms with Gasteiger partial charge in [-0.1, -0.05) is 25.7 Å². The van der Waals surface area contributed by atoms with Crippen LogP contribution in [0.2, 0.25) is 0 Å². The molecule has 180 valence electrons. The maximum absolute atomic E-state index is 12.6. The van der Waals surface area contributed by atoms with E-state index in [-0.39, 0.29) is 24.7 Å². The van der Waals surface area contributed by atoms with E-state index in [0.29, 0.717) is 18.7 Å². The van der Waals surface area contributed by atoms with Crippen LogP contribution in [0, 0.1) is 17.8 Å². The Balaban J connectivity index is 1.61. The van der Waals surface area contributed by atoms with Gasteiger partial charge in [0.15, 0.2) is 0 Å². The second-order valence-electron chi connectivity index (χ2n) is 8.16. The van der Waals surface area contributed by atoms with Crippen molar-refractivity contribution >= 4 is 27.8 Å². The van der Waals surface area contributed by atoms with E-state index in [1.165, 1.54) is 16.6 Å². The van der Waals surface area contributed by atoms with Gasteiger partial charge >= 0.3 is 5.97 Å². The van der Waals surface area contributed by atoms with E-state index in [0.717, 1.165) is 11.3 Å². The monoisotopic (exact) mass is 485 g/mol. The lowest BCUT2D eigenvalue weighted by Crippen LogP contribution is -2.55. The number of primary amides is 1. The highest BCUT2D eigenvalue weighted by Crippen LogP contribution is 2.18. The highest BCUT2D eigenvalue weighted by atomic mass is 32.2. The fourth-order valence-corrected chi connectivity index (χ4v) is 4.92. The highest BCUT2D eigenvalue weighted by molar-refractivity contribution is 7.87. The number of anilines is 1. The maximum Gasteiger partial charge on any atom is 0.322 e. The fourth-order valence-electron chi connectivity index (χ4n) is 3.44. The number of nitrogens with one attached hydrogen (secondary N) is 1. The molecule has 1 saturated heterocycles.